The lowest BCUT2D eigenvalue weighted by Crippen LogP contribution is -2.25. The topological polar surface area (TPSA) is 23.8 Å². The molecular formula is C21H31NSi. The molecule has 1 aromatic rings. The maximum Gasteiger partial charge on any atom is 0.0991 e. The molecule has 2 fully saturated rings. The quantitative estimate of drug-likeness (QED) is 0.678. The van der Waals surface area contributed by atoms with E-state index >= 15 is 0 Å². The van der Waals surface area contributed by atoms with Crippen LogP contribution in [0.2, 0.25) is 11.6 Å². The lowest BCUT2D eigenvalue weighted by atomic mass is 9.70. The van der Waals surface area contributed by atoms with Crippen molar-refractivity contribution in [2.45, 2.75) is 75.8 Å². The molecule has 0 spiro atoms. The van der Waals surface area contributed by atoms with Crippen molar-refractivity contribution in [3.05, 3.63) is 35.4 Å². The van der Waals surface area contributed by atoms with Crippen molar-refractivity contribution in [2.24, 2.45) is 11.8 Å². The summed E-state index contributed by atoms with van der Waals surface area (Å²) in [6.45, 7) is 2.39. The van der Waals surface area contributed by atoms with E-state index in [0.29, 0.717) is 0 Å². The minimum atomic E-state index is 0.253. The molecular weight excluding hydrogens is 294 g/mol. The third kappa shape index (κ3) is 4.26. The van der Waals surface area contributed by atoms with Gasteiger partial charge in [0, 0.05) is 9.52 Å². The van der Waals surface area contributed by atoms with Crippen LogP contribution >= 0.6 is 0 Å². The molecule has 1 nitrogen and oxygen atoms in total. The standard InChI is InChI=1S/C21H31NSi/c1-2-23-21-13-11-20(12-14-21)19-9-7-18(8-10-19)17-5-3-16(15-22)4-6-17/h3-6,18-21H,2,7-14,23H2,1H3/t18-,19-,20-,21-. The van der Waals surface area contributed by atoms with E-state index in [0.717, 1.165) is 23.3 Å². The summed E-state index contributed by atoms with van der Waals surface area (Å²) in [4.78, 5) is 0. The summed E-state index contributed by atoms with van der Waals surface area (Å²) in [7, 11) is 0.253. The van der Waals surface area contributed by atoms with Crippen LogP contribution in [0.1, 0.15) is 75.3 Å². The molecule has 0 atom stereocenters. The van der Waals surface area contributed by atoms with Gasteiger partial charge in [0.2, 0.25) is 0 Å². The Bertz CT molecular complexity index is 514. The first-order valence-corrected chi connectivity index (χ1v) is 11.6. The van der Waals surface area contributed by atoms with E-state index in [2.05, 4.69) is 25.1 Å². The molecule has 0 aliphatic heterocycles. The zero-order chi connectivity index (χ0) is 16.1. The third-order valence-corrected chi connectivity index (χ3v) is 8.75. The zero-order valence-electron chi connectivity index (χ0n) is 14.6. The highest BCUT2D eigenvalue weighted by Crippen LogP contribution is 2.44. The van der Waals surface area contributed by atoms with Gasteiger partial charge in [0.05, 0.1) is 11.6 Å². The molecule has 1 aromatic carbocycles. The molecule has 124 valence electrons. The maximum atomic E-state index is 8.92. The van der Waals surface area contributed by atoms with Crippen LogP contribution in [0.4, 0.5) is 0 Å². The van der Waals surface area contributed by atoms with Crippen LogP contribution < -0.4 is 0 Å². The van der Waals surface area contributed by atoms with Crippen molar-refractivity contribution in [1.82, 2.24) is 0 Å². The first kappa shape index (κ1) is 16.8. The van der Waals surface area contributed by atoms with E-state index in [1.807, 2.05) is 12.1 Å². The van der Waals surface area contributed by atoms with Crippen LogP contribution in [-0.4, -0.2) is 9.52 Å². The monoisotopic (exact) mass is 325 g/mol. The number of hydrogen-bond acceptors (Lipinski definition) is 1. The molecule has 2 aliphatic carbocycles. The molecule has 0 N–H and O–H groups in total. The number of rotatable bonds is 4. The highest BCUT2D eigenvalue weighted by atomic mass is 28.2. The van der Waals surface area contributed by atoms with E-state index in [9.17, 15) is 0 Å². The SMILES string of the molecule is CC[SiH2][C@H]1CC[C@H]([C@H]2CC[C@H](c3ccc(C#N)cc3)CC2)CC1. The first-order valence-electron chi connectivity index (χ1n) is 9.80. The van der Waals surface area contributed by atoms with Crippen LogP contribution in [0.25, 0.3) is 0 Å². The van der Waals surface area contributed by atoms with Crippen LogP contribution in [0.15, 0.2) is 24.3 Å². The summed E-state index contributed by atoms with van der Waals surface area (Å²) in [5, 5.41) is 8.92. The van der Waals surface area contributed by atoms with E-state index in [4.69, 9.17) is 5.26 Å². The van der Waals surface area contributed by atoms with Gasteiger partial charge < -0.3 is 0 Å². The Balaban J connectivity index is 1.48. The zero-order valence-corrected chi connectivity index (χ0v) is 16.1. The van der Waals surface area contributed by atoms with E-state index in [1.165, 1.54) is 55.7 Å². The highest BCUT2D eigenvalue weighted by molar-refractivity contribution is 6.37. The average Bonchev–Trinajstić information content (AvgIpc) is 2.63. The highest BCUT2D eigenvalue weighted by Gasteiger charge is 2.31. The van der Waals surface area contributed by atoms with E-state index in [1.54, 1.807) is 12.8 Å². The van der Waals surface area contributed by atoms with Crippen molar-refractivity contribution in [3.63, 3.8) is 0 Å². The molecule has 0 heterocycles. The molecule has 0 amide bonds. The van der Waals surface area contributed by atoms with Gasteiger partial charge in [-0.15, -0.1) is 0 Å². The lowest BCUT2D eigenvalue weighted by molar-refractivity contribution is 0.186. The van der Waals surface area contributed by atoms with Gasteiger partial charge in [-0.1, -0.05) is 56.3 Å². The Morgan fingerprint density at radius 1 is 0.913 bits per heavy atom. The molecule has 0 saturated heterocycles. The van der Waals surface area contributed by atoms with Crippen LogP contribution in [0.5, 0.6) is 0 Å². The molecule has 0 unspecified atom stereocenters. The summed E-state index contributed by atoms with van der Waals surface area (Å²) in [6.07, 6.45) is 11.8. The van der Waals surface area contributed by atoms with Gasteiger partial charge in [0.25, 0.3) is 0 Å². The van der Waals surface area contributed by atoms with Crippen molar-refractivity contribution in [3.8, 4) is 6.07 Å². The van der Waals surface area contributed by atoms with Gasteiger partial charge in [0.15, 0.2) is 0 Å². The molecule has 3 rings (SSSR count). The summed E-state index contributed by atoms with van der Waals surface area (Å²) in [6, 6.07) is 12.1. The number of benzene rings is 1. The number of nitrogens with zero attached hydrogens (tertiary/aromatic N) is 1. The average molecular weight is 326 g/mol. The van der Waals surface area contributed by atoms with Gasteiger partial charge in [0.1, 0.15) is 0 Å². The minimum absolute atomic E-state index is 0.253. The Morgan fingerprint density at radius 2 is 1.48 bits per heavy atom. The summed E-state index contributed by atoms with van der Waals surface area (Å²) >= 11 is 0. The summed E-state index contributed by atoms with van der Waals surface area (Å²) in [5.41, 5.74) is 3.42. The lowest BCUT2D eigenvalue weighted by Gasteiger charge is -2.38. The van der Waals surface area contributed by atoms with Crippen molar-refractivity contribution >= 4 is 9.52 Å². The number of nitriles is 1. The van der Waals surface area contributed by atoms with Gasteiger partial charge in [-0.25, -0.2) is 0 Å². The molecule has 23 heavy (non-hydrogen) atoms. The number of hydrogen-bond donors (Lipinski definition) is 0. The fourth-order valence-corrected chi connectivity index (χ4v) is 6.98. The van der Waals surface area contributed by atoms with Crippen molar-refractivity contribution in [1.29, 1.82) is 5.26 Å². The van der Waals surface area contributed by atoms with Crippen LogP contribution in [0.3, 0.4) is 0 Å². The summed E-state index contributed by atoms with van der Waals surface area (Å²) in [5.74, 6) is 2.79. The Kier molecular flexibility index (Phi) is 5.95. The largest absolute Gasteiger partial charge is 0.192 e. The smallest absolute Gasteiger partial charge is 0.0991 e. The molecule has 2 aliphatic rings. The third-order valence-electron chi connectivity index (χ3n) is 6.54. The van der Waals surface area contributed by atoms with Crippen molar-refractivity contribution in [2.75, 3.05) is 0 Å². The van der Waals surface area contributed by atoms with Gasteiger partial charge in [-0.05, 0) is 61.1 Å². The molecule has 0 bridgehead atoms. The second kappa shape index (κ2) is 8.15. The van der Waals surface area contributed by atoms with E-state index < -0.39 is 0 Å². The predicted octanol–water partition coefficient (Wildman–Crippen LogP) is 5.42. The fourth-order valence-electron chi connectivity index (χ4n) is 5.11. The van der Waals surface area contributed by atoms with Crippen molar-refractivity contribution < 1.29 is 0 Å². The second-order valence-corrected chi connectivity index (χ2v) is 10.6. The van der Waals surface area contributed by atoms with Crippen LogP contribution in [0, 0.1) is 23.2 Å². The van der Waals surface area contributed by atoms with E-state index in [-0.39, 0.29) is 9.52 Å². The van der Waals surface area contributed by atoms with Gasteiger partial charge in [-0.3, -0.25) is 0 Å². The molecule has 2 heteroatoms. The van der Waals surface area contributed by atoms with Crippen LogP contribution in [-0.2, 0) is 0 Å². The summed E-state index contributed by atoms with van der Waals surface area (Å²) < 4.78 is 0. The molecule has 0 aromatic heterocycles. The van der Waals surface area contributed by atoms with Gasteiger partial charge in [-0.2, -0.15) is 5.26 Å². The Hall–Kier alpha value is -1.07. The Labute approximate surface area is 144 Å². The fraction of sp³-hybridized carbons (Fsp3) is 0.667. The first-order chi connectivity index (χ1) is 11.3. The normalized spacial score (nSPS) is 32.0. The molecule has 0 radical (unpaired) electrons. The Morgan fingerprint density at radius 3 is 2.00 bits per heavy atom. The molecule has 2 saturated carbocycles. The predicted molar refractivity (Wildman–Crippen MR) is 101 cm³/mol. The maximum absolute atomic E-state index is 8.92. The second-order valence-electron chi connectivity index (χ2n) is 7.91. The minimum Gasteiger partial charge on any atom is -0.192 e. The van der Waals surface area contributed by atoms with Gasteiger partial charge >= 0.3 is 0 Å².